The normalized spacial score (nSPS) is 14.2. The van der Waals surface area contributed by atoms with Crippen LogP contribution in [0.4, 0.5) is 0 Å². The van der Waals surface area contributed by atoms with E-state index in [1.165, 1.54) is 31.7 Å². The van der Waals surface area contributed by atoms with E-state index >= 15 is 0 Å². The van der Waals surface area contributed by atoms with Crippen LogP contribution in [0.5, 0.6) is 0 Å². The van der Waals surface area contributed by atoms with E-state index in [9.17, 15) is 14.4 Å². The smallest absolute Gasteiger partial charge is 0.335 e. The first-order chi connectivity index (χ1) is 12.0. The molecule has 6 nitrogen and oxygen atoms in total. The number of hydrogen-bond acceptors (Lipinski definition) is 3. The monoisotopic (exact) mass is 346 g/mol. The Kier molecular flexibility index (Phi) is 7.44. The first-order valence-corrected chi connectivity index (χ1v) is 8.90. The van der Waals surface area contributed by atoms with E-state index in [-0.39, 0.29) is 23.9 Å². The van der Waals surface area contributed by atoms with Crippen LogP contribution in [0.1, 0.15) is 54.4 Å². The van der Waals surface area contributed by atoms with E-state index in [2.05, 4.69) is 10.6 Å². The van der Waals surface area contributed by atoms with E-state index in [1.807, 2.05) is 6.07 Å². The Morgan fingerprint density at radius 2 is 1.84 bits per heavy atom. The lowest BCUT2D eigenvalue weighted by atomic mass is 10.0. The lowest BCUT2D eigenvalue weighted by Crippen LogP contribution is -2.37. The summed E-state index contributed by atoms with van der Waals surface area (Å²) in [5, 5.41) is 14.3. The van der Waals surface area contributed by atoms with E-state index in [1.54, 1.807) is 12.1 Å². The van der Waals surface area contributed by atoms with Crippen LogP contribution in [0.15, 0.2) is 24.3 Å². The minimum atomic E-state index is -0.966. The van der Waals surface area contributed by atoms with Crippen LogP contribution in [0.3, 0.4) is 0 Å². The fourth-order valence-electron chi connectivity index (χ4n) is 3.17. The molecule has 1 aromatic carbocycles. The number of hydrogen-bond donors (Lipinski definition) is 3. The van der Waals surface area contributed by atoms with Gasteiger partial charge in [0.1, 0.15) is 0 Å². The van der Waals surface area contributed by atoms with Crippen molar-refractivity contribution >= 4 is 17.8 Å². The van der Waals surface area contributed by atoms with Crippen LogP contribution >= 0.6 is 0 Å². The van der Waals surface area contributed by atoms with Crippen molar-refractivity contribution in [3.8, 4) is 0 Å². The molecule has 2 amide bonds. The van der Waals surface area contributed by atoms with E-state index in [4.69, 9.17) is 5.11 Å². The molecular weight excluding hydrogens is 320 g/mol. The fourth-order valence-corrected chi connectivity index (χ4v) is 3.17. The second-order valence-corrected chi connectivity index (χ2v) is 6.57. The molecule has 1 aliphatic rings. The van der Waals surface area contributed by atoms with Crippen LogP contribution in [-0.4, -0.2) is 36.0 Å². The van der Waals surface area contributed by atoms with Crippen molar-refractivity contribution < 1.29 is 19.5 Å². The second kappa shape index (κ2) is 9.81. The maximum Gasteiger partial charge on any atom is 0.335 e. The summed E-state index contributed by atoms with van der Waals surface area (Å²) in [6, 6.07) is 6.64. The molecule has 0 radical (unpaired) electrons. The molecule has 0 aliphatic heterocycles. The minimum absolute atomic E-state index is 0.0152. The molecule has 1 aromatic rings. The van der Waals surface area contributed by atoms with Crippen LogP contribution in [0, 0.1) is 5.92 Å². The number of carboxylic acid groups (broad SMARTS) is 1. The summed E-state index contributed by atoms with van der Waals surface area (Å²) in [6.45, 7) is 0.387. The van der Waals surface area contributed by atoms with Gasteiger partial charge in [-0.3, -0.25) is 9.59 Å². The molecule has 0 bridgehead atoms. The maximum atomic E-state index is 11.8. The van der Waals surface area contributed by atoms with Crippen molar-refractivity contribution in [2.45, 2.75) is 44.9 Å². The number of nitrogens with one attached hydrogen (secondary N) is 2. The van der Waals surface area contributed by atoms with Gasteiger partial charge in [0.25, 0.3) is 0 Å². The maximum absolute atomic E-state index is 11.8. The van der Waals surface area contributed by atoms with Crippen molar-refractivity contribution in [1.82, 2.24) is 10.6 Å². The van der Waals surface area contributed by atoms with E-state index in [0.29, 0.717) is 25.3 Å². The Bertz CT molecular complexity index is 609. The summed E-state index contributed by atoms with van der Waals surface area (Å²) < 4.78 is 0. The highest BCUT2D eigenvalue weighted by Gasteiger charge is 2.16. The van der Waals surface area contributed by atoms with E-state index < -0.39 is 5.97 Å². The Hall–Kier alpha value is -2.37. The third-order valence-corrected chi connectivity index (χ3v) is 4.61. The van der Waals surface area contributed by atoms with Crippen molar-refractivity contribution in [2.75, 3.05) is 13.1 Å². The molecule has 1 saturated carbocycles. The van der Waals surface area contributed by atoms with Gasteiger partial charge >= 0.3 is 5.97 Å². The summed E-state index contributed by atoms with van der Waals surface area (Å²) in [5.74, 6) is -0.604. The average Bonchev–Trinajstić information content (AvgIpc) is 3.12. The summed E-state index contributed by atoms with van der Waals surface area (Å²) in [7, 11) is 0. The molecule has 3 N–H and O–H groups in total. The third kappa shape index (κ3) is 6.95. The van der Waals surface area contributed by atoms with E-state index in [0.717, 1.165) is 12.0 Å². The first kappa shape index (κ1) is 19.0. The zero-order valence-electron chi connectivity index (χ0n) is 14.4. The number of rotatable bonds is 9. The average molecular weight is 346 g/mol. The minimum Gasteiger partial charge on any atom is -0.478 e. The molecule has 1 aliphatic carbocycles. The molecule has 0 saturated heterocycles. The highest BCUT2D eigenvalue weighted by molar-refractivity contribution is 5.87. The first-order valence-electron chi connectivity index (χ1n) is 8.90. The summed E-state index contributed by atoms with van der Waals surface area (Å²) in [4.78, 5) is 34.4. The lowest BCUT2D eigenvalue weighted by molar-refractivity contribution is -0.126. The molecular formula is C19H26N2O4. The van der Waals surface area contributed by atoms with Gasteiger partial charge in [0.2, 0.25) is 11.8 Å². The zero-order chi connectivity index (χ0) is 18.1. The molecule has 0 atom stereocenters. The number of carbonyl (C=O) groups excluding carboxylic acids is 2. The van der Waals surface area contributed by atoms with Gasteiger partial charge in [0.15, 0.2) is 0 Å². The largest absolute Gasteiger partial charge is 0.478 e. The fraction of sp³-hybridized carbons (Fsp3) is 0.526. The number of amides is 2. The topological polar surface area (TPSA) is 95.5 Å². The Balaban J connectivity index is 1.59. The standard InChI is InChI=1S/C19H26N2O4/c22-17(9-8-14-4-1-2-5-14)21-13-18(23)20-11-10-15-6-3-7-16(12-15)19(24)25/h3,6-7,12,14H,1-2,4-5,8-11,13H2,(H,20,23)(H,21,22)(H,24,25). The number of aromatic carboxylic acids is 1. The molecule has 0 heterocycles. The number of benzene rings is 1. The van der Waals surface area contributed by atoms with Gasteiger partial charge in [-0.1, -0.05) is 37.8 Å². The van der Waals surface area contributed by atoms with Crippen molar-refractivity contribution in [3.05, 3.63) is 35.4 Å². The molecule has 0 unspecified atom stereocenters. The second-order valence-electron chi connectivity index (χ2n) is 6.57. The van der Waals surface area contributed by atoms with Crippen LogP contribution < -0.4 is 10.6 Å². The lowest BCUT2D eigenvalue weighted by Gasteiger charge is -2.09. The molecule has 0 aromatic heterocycles. The van der Waals surface area contributed by atoms with Crippen LogP contribution in [-0.2, 0) is 16.0 Å². The van der Waals surface area contributed by atoms with Gasteiger partial charge in [-0.25, -0.2) is 4.79 Å². The van der Waals surface area contributed by atoms with Crippen LogP contribution in [0.2, 0.25) is 0 Å². The number of carboxylic acids is 1. The Morgan fingerprint density at radius 3 is 2.56 bits per heavy atom. The van der Waals surface area contributed by atoms with Gasteiger partial charge in [0.05, 0.1) is 12.1 Å². The molecule has 25 heavy (non-hydrogen) atoms. The van der Waals surface area contributed by atoms with Crippen molar-refractivity contribution in [2.24, 2.45) is 5.92 Å². The van der Waals surface area contributed by atoms with Gasteiger partial charge < -0.3 is 15.7 Å². The molecule has 1 fully saturated rings. The summed E-state index contributed by atoms with van der Waals surface area (Å²) in [5.41, 5.74) is 1.08. The summed E-state index contributed by atoms with van der Waals surface area (Å²) >= 11 is 0. The zero-order valence-corrected chi connectivity index (χ0v) is 14.4. The number of carbonyl (C=O) groups is 3. The third-order valence-electron chi connectivity index (χ3n) is 4.61. The van der Waals surface area contributed by atoms with Gasteiger partial charge in [-0.2, -0.15) is 0 Å². The highest BCUT2D eigenvalue weighted by atomic mass is 16.4. The Morgan fingerprint density at radius 1 is 1.08 bits per heavy atom. The van der Waals surface area contributed by atoms with Gasteiger partial charge in [0, 0.05) is 13.0 Å². The molecule has 2 rings (SSSR count). The molecule has 136 valence electrons. The predicted molar refractivity (Wildman–Crippen MR) is 94.3 cm³/mol. The quantitative estimate of drug-likeness (QED) is 0.638. The highest BCUT2D eigenvalue weighted by Crippen LogP contribution is 2.28. The van der Waals surface area contributed by atoms with Crippen LogP contribution in [0.25, 0.3) is 0 Å². The summed E-state index contributed by atoms with van der Waals surface area (Å²) in [6.07, 6.45) is 6.91. The molecule has 0 spiro atoms. The predicted octanol–water partition coefficient (Wildman–Crippen LogP) is 2.13. The molecule has 6 heteroatoms. The SMILES string of the molecule is O=C(CCC1CCCC1)NCC(=O)NCCc1cccc(C(=O)O)c1. The Labute approximate surface area is 148 Å². The van der Waals surface area contributed by atoms with Crippen molar-refractivity contribution in [3.63, 3.8) is 0 Å². The van der Waals surface area contributed by atoms with Crippen molar-refractivity contribution in [1.29, 1.82) is 0 Å². The van der Waals surface area contributed by atoms with Gasteiger partial charge in [-0.05, 0) is 36.5 Å². The van der Waals surface area contributed by atoms with Gasteiger partial charge in [-0.15, -0.1) is 0 Å².